The van der Waals surface area contributed by atoms with Crippen LogP contribution < -0.4 is 0 Å². The lowest BCUT2D eigenvalue weighted by Gasteiger charge is -2.30. The summed E-state index contributed by atoms with van der Waals surface area (Å²) in [7, 11) is 0. The van der Waals surface area contributed by atoms with Crippen molar-refractivity contribution in [2.75, 3.05) is 19.6 Å². The zero-order valence-corrected chi connectivity index (χ0v) is 15.6. The third-order valence-electron chi connectivity index (χ3n) is 4.94. The van der Waals surface area contributed by atoms with E-state index in [2.05, 4.69) is 61.2 Å². The van der Waals surface area contributed by atoms with Gasteiger partial charge >= 0.3 is 0 Å². The summed E-state index contributed by atoms with van der Waals surface area (Å²) in [6.07, 6.45) is 5.69. The molecule has 1 atom stereocenters. The topological polar surface area (TPSA) is 23.5 Å². The summed E-state index contributed by atoms with van der Waals surface area (Å²) in [6.45, 7) is 9.68. The molecule has 0 aromatic heterocycles. The average molecular weight is 328 g/mol. The van der Waals surface area contributed by atoms with Crippen molar-refractivity contribution in [1.29, 1.82) is 0 Å². The molecule has 0 aliphatic rings. The highest BCUT2D eigenvalue weighted by Crippen LogP contribution is 2.31. The van der Waals surface area contributed by atoms with Gasteiger partial charge in [-0.25, -0.2) is 0 Å². The van der Waals surface area contributed by atoms with Crippen molar-refractivity contribution >= 4 is 10.8 Å². The van der Waals surface area contributed by atoms with Gasteiger partial charge in [-0.1, -0.05) is 69.2 Å². The largest absolute Gasteiger partial charge is 0.385 e. The standard InChI is InChI=1S/C22H33NO/c1-4-6-16-23(17-7-5-2)18-15-22(3,24)21-14-10-12-19-11-8-9-13-20(19)21/h8-14,24H,4-7,15-18H2,1-3H3/t22-/m1/s1. The summed E-state index contributed by atoms with van der Waals surface area (Å²) in [5.41, 5.74) is 0.254. The number of fused-ring (bicyclic) bond motifs is 1. The lowest BCUT2D eigenvalue weighted by Crippen LogP contribution is -2.33. The first-order valence-corrected chi connectivity index (χ1v) is 9.51. The Bertz CT molecular complexity index is 607. The average Bonchev–Trinajstić information content (AvgIpc) is 2.60. The van der Waals surface area contributed by atoms with Gasteiger partial charge in [0.1, 0.15) is 0 Å². The van der Waals surface area contributed by atoms with Crippen LogP contribution >= 0.6 is 0 Å². The molecule has 0 heterocycles. The zero-order valence-electron chi connectivity index (χ0n) is 15.6. The van der Waals surface area contributed by atoms with Gasteiger partial charge in [-0.15, -0.1) is 0 Å². The fourth-order valence-corrected chi connectivity index (χ4v) is 3.30. The highest BCUT2D eigenvalue weighted by atomic mass is 16.3. The second kappa shape index (κ2) is 9.19. The molecule has 132 valence electrons. The molecular formula is C22H33NO. The summed E-state index contributed by atoms with van der Waals surface area (Å²) in [5, 5.41) is 13.5. The van der Waals surface area contributed by atoms with Crippen molar-refractivity contribution in [2.24, 2.45) is 0 Å². The minimum atomic E-state index is -0.794. The van der Waals surface area contributed by atoms with Crippen LogP contribution in [0.1, 0.15) is 58.4 Å². The van der Waals surface area contributed by atoms with Crippen molar-refractivity contribution < 1.29 is 5.11 Å². The first kappa shape index (κ1) is 19.0. The van der Waals surface area contributed by atoms with Gasteiger partial charge in [-0.05, 0) is 55.6 Å². The van der Waals surface area contributed by atoms with Crippen molar-refractivity contribution in [3.63, 3.8) is 0 Å². The molecule has 0 aliphatic carbocycles. The second-order valence-electron chi connectivity index (χ2n) is 7.10. The van der Waals surface area contributed by atoms with Crippen LogP contribution in [0.2, 0.25) is 0 Å². The van der Waals surface area contributed by atoms with E-state index in [0.29, 0.717) is 0 Å². The number of benzene rings is 2. The monoisotopic (exact) mass is 327 g/mol. The Morgan fingerprint density at radius 2 is 1.50 bits per heavy atom. The van der Waals surface area contributed by atoms with Gasteiger partial charge in [-0.2, -0.15) is 0 Å². The van der Waals surface area contributed by atoms with Gasteiger partial charge in [0.2, 0.25) is 0 Å². The minimum Gasteiger partial charge on any atom is -0.385 e. The number of nitrogens with zero attached hydrogens (tertiary/aromatic N) is 1. The van der Waals surface area contributed by atoms with Gasteiger partial charge in [0, 0.05) is 6.54 Å². The predicted octanol–water partition coefficient (Wildman–Crippen LogP) is 5.34. The number of hydrogen-bond acceptors (Lipinski definition) is 2. The van der Waals surface area contributed by atoms with Gasteiger partial charge in [0.15, 0.2) is 0 Å². The fraction of sp³-hybridized carbons (Fsp3) is 0.545. The number of hydrogen-bond donors (Lipinski definition) is 1. The normalized spacial score (nSPS) is 14.2. The third kappa shape index (κ3) is 5.06. The van der Waals surface area contributed by atoms with Crippen LogP contribution in [0, 0.1) is 0 Å². The van der Waals surface area contributed by atoms with Crippen LogP contribution in [-0.2, 0) is 5.60 Å². The molecule has 0 fully saturated rings. The van der Waals surface area contributed by atoms with Crippen LogP contribution in [0.25, 0.3) is 10.8 Å². The third-order valence-corrected chi connectivity index (χ3v) is 4.94. The van der Waals surface area contributed by atoms with Crippen molar-refractivity contribution in [2.45, 2.75) is 58.5 Å². The maximum atomic E-state index is 11.2. The van der Waals surface area contributed by atoms with Gasteiger partial charge in [0.05, 0.1) is 5.60 Å². The Balaban J connectivity index is 2.10. The second-order valence-corrected chi connectivity index (χ2v) is 7.10. The zero-order chi connectivity index (χ0) is 17.4. The predicted molar refractivity (Wildman–Crippen MR) is 104 cm³/mol. The van der Waals surface area contributed by atoms with Gasteiger partial charge in [0.25, 0.3) is 0 Å². The maximum Gasteiger partial charge on any atom is 0.0886 e. The number of aliphatic hydroxyl groups is 1. The van der Waals surface area contributed by atoms with Crippen LogP contribution in [0.5, 0.6) is 0 Å². The molecule has 0 spiro atoms. The molecule has 2 nitrogen and oxygen atoms in total. The Morgan fingerprint density at radius 3 is 2.17 bits per heavy atom. The molecule has 0 saturated carbocycles. The summed E-state index contributed by atoms with van der Waals surface area (Å²) < 4.78 is 0. The SMILES string of the molecule is CCCCN(CCCC)CC[C@@](C)(O)c1cccc2ccccc12. The molecular weight excluding hydrogens is 294 g/mol. The van der Waals surface area contributed by atoms with Crippen LogP contribution in [0.3, 0.4) is 0 Å². The summed E-state index contributed by atoms with van der Waals surface area (Å²) in [4.78, 5) is 2.52. The van der Waals surface area contributed by atoms with E-state index in [0.717, 1.165) is 31.6 Å². The molecule has 0 unspecified atom stereocenters. The minimum absolute atomic E-state index is 0.772. The van der Waals surface area contributed by atoms with E-state index < -0.39 is 5.60 Å². The van der Waals surface area contributed by atoms with E-state index in [-0.39, 0.29) is 0 Å². The summed E-state index contributed by atoms with van der Waals surface area (Å²) in [6, 6.07) is 14.6. The quantitative estimate of drug-likeness (QED) is 0.636. The number of rotatable bonds is 10. The lowest BCUT2D eigenvalue weighted by atomic mass is 9.88. The number of unbranched alkanes of at least 4 members (excludes halogenated alkanes) is 2. The van der Waals surface area contributed by atoms with Crippen LogP contribution in [0.4, 0.5) is 0 Å². The highest BCUT2D eigenvalue weighted by Gasteiger charge is 2.25. The molecule has 0 saturated heterocycles. The Morgan fingerprint density at radius 1 is 0.875 bits per heavy atom. The fourth-order valence-electron chi connectivity index (χ4n) is 3.30. The smallest absolute Gasteiger partial charge is 0.0886 e. The lowest BCUT2D eigenvalue weighted by molar-refractivity contribution is 0.0369. The van der Waals surface area contributed by atoms with E-state index in [1.165, 1.54) is 36.5 Å². The molecule has 2 aromatic rings. The summed E-state index contributed by atoms with van der Waals surface area (Å²) in [5.74, 6) is 0. The Labute approximate surface area is 147 Å². The first-order chi connectivity index (χ1) is 11.6. The molecule has 2 aromatic carbocycles. The molecule has 1 N–H and O–H groups in total. The highest BCUT2D eigenvalue weighted by molar-refractivity contribution is 5.86. The first-order valence-electron chi connectivity index (χ1n) is 9.51. The van der Waals surface area contributed by atoms with Crippen molar-refractivity contribution in [1.82, 2.24) is 4.90 Å². The van der Waals surface area contributed by atoms with E-state index >= 15 is 0 Å². The van der Waals surface area contributed by atoms with Gasteiger partial charge in [-0.3, -0.25) is 0 Å². The maximum absolute atomic E-state index is 11.2. The molecule has 0 amide bonds. The van der Waals surface area contributed by atoms with E-state index in [9.17, 15) is 5.11 Å². The Hall–Kier alpha value is -1.38. The molecule has 2 rings (SSSR count). The molecule has 24 heavy (non-hydrogen) atoms. The Kier molecular flexibility index (Phi) is 7.26. The molecule has 0 radical (unpaired) electrons. The van der Waals surface area contributed by atoms with E-state index in [1.54, 1.807) is 0 Å². The van der Waals surface area contributed by atoms with Gasteiger partial charge < -0.3 is 10.0 Å². The molecule has 0 bridgehead atoms. The van der Waals surface area contributed by atoms with Crippen LogP contribution in [0.15, 0.2) is 42.5 Å². The summed E-state index contributed by atoms with van der Waals surface area (Å²) >= 11 is 0. The van der Waals surface area contributed by atoms with Crippen LogP contribution in [-0.4, -0.2) is 29.6 Å². The van der Waals surface area contributed by atoms with E-state index in [4.69, 9.17) is 0 Å². The van der Waals surface area contributed by atoms with E-state index in [1.807, 2.05) is 6.92 Å². The van der Waals surface area contributed by atoms with Crippen molar-refractivity contribution in [3.05, 3.63) is 48.0 Å². The molecule has 2 heteroatoms. The molecule has 0 aliphatic heterocycles. The van der Waals surface area contributed by atoms with Crippen molar-refractivity contribution in [3.8, 4) is 0 Å².